The summed E-state index contributed by atoms with van der Waals surface area (Å²) in [6.45, 7) is 2.41. The molecule has 0 atom stereocenters. The Morgan fingerprint density at radius 1 is 0.962 bits per heavy atom. The van der Waals surface area contributed by atoms with E-state index in [1.165, 1.54) is 0 Å². The second-order valence-electron chi connectivity index (χ2n) is 5.96. The number of ether oxygens (including phenoxy) is 4. The van der Waals surface area contributed by atoms with Gasteiger partial charge in [-0.15, -0.1) is 0 Å². The zero-order chi connectivity index (χ0) is 17.9. The Bertz CT molecular complexity index is 839. The van der Waals surface area contributed by atoms with Crippen LogP contribution in [0.4, 0.5) is 0 Å². The monoisotopic (exact) mass is 375 g/mol. The summed E-state index contributed by atoms with van der Waals surface area (Å²) in [6.07, 6.45) is 0.772. The van der Waals surface area contributed by atoms with E-state index >= 15 is 0 Å². The molecule has 2 aliphatic heterocycles. The van der Waals surface area contributed by atoms with E-state index in [9.17, 15) is 4.79 Å². The Hall–Kier alpha value is -2.60. The molecule has 0 bridgehead atoms. The summed E-state index contributed by atoms with van der Waals surface area (Å²) in [5, 5.41) is 3.25. The Labute approximate surface area is 156 Å². The van der Waals surface area contributed by atoms with Crippen molar-refractivity contribution < 1.29 is 23.7 Å². The highest BCUT2D eigenvalue weighted by Gasteiger charge is 2.20. The van der Waals surface area contributed by atoms with Crippen LogP contribution in [0, 0.1) is 0 Å². The van der Waals surface area contributed by atoms with Crippen LogP contribution in [0.5, 0.6) is 23.0 Å². The fourth-order valence-corrected chi connectivity index (χ4v) is 3.18. The average molecular weight is 376 g/mol. The predicted molar refractivity (Wildman–Crippen MR) is 95.7 cm³/mol. The van der Waals surface area contributed by atoms with Crippen molar-refractivity contribution in [1.29, 1.82) is 0 Å². The summed E-state index contributed by atoms with van der Waals surface area (Å²) in [7, 11) is 0. The molecule has 2 aromatic carbocycles. The average Bonchev–Trinajstić information content (AvgIpc) is 2.92. The van der Waals surface area contributed by atoms with Gasteiger partial charge in [0.15, 0.2) is 23.0 Å². The quantitative estimate of drug-likeness (QED) is 0.892. The van der Waals surface area contributed by atoms with Gasteiger partial charge in [-0.25, -0.2) is 0 Å². The minimum Gasteiger partial charge on any atom is -0.489 e. The molecule has 26 heavy (non-hydrogen) atoms. The fourth-order valence-electron chi connectivity index (χ4n) is 2.91. The maximum Gasteiger partial charge on any atom is 0.251 e. The van der Waals surface area contributed by atoms with E-state index in [0.717, 1.165) is 12.0 Å². The first-order valence-corrected chi connectivity index (χ1v) is 8.85. The normalized spacial score (nSPS) is 15.1. The SMILES string of the molecule is O=C(NCc1cccc2c1OCCO2)c1cc(Cl)c2c(c1)OCCCO2. The fraction of sp³-hybridized carbons (Fsp3) is 0.316. The van der Waals surface area contributed by atoms with Crippen molar-refractivity contribution in [2.75, 3.05) is 26.4 Å². The summed E-state index contributed by atoms with van der Waals surface area (Å²) in [5.74, 6) is 2.10. The molecular weight excluding hydrogens is 358 g/mol. The largest absolute Gasteiger partial charge is 0.489 e. The Balaban J connectivity index is 1.51. The van der Waals surface area contributed by atoms with E-state index in [2.05, 4.69) is 5.32 Å². The van der Waals surface area contributed by atoms with Gasteiger partial charge in [-0.3, -0.25) is 4.79 Å². The van der Waals surface area contributed by atoms with Crippen molar-refractivity contribution in [2.45, 2.75) is 13.0 Å². The van der Waals surface area contributed by atoms with Crippen molar-refractivity contribution in [3.8, 4) is 23.0 Å². The number of fused-ring (bicyclic) bond motifs is 2. The molecule has 2 aliphatic rings. The predicted octanol–water partition coefficient (Wildman–Crippen LogP) is 3.20. The van der Waals surface area contributed by atoms with Crippen molar-refractivity contribution in [3.05, 3.63) is 46.5 Å². The van der Waals surface area contributed by atoms with Crippen LogP contribution in [0.25, 0.3) is 0 Å². The van der Waals surface area contributed by atoms with Crippen LogP contribution in [-0.4, -0.2) is 32.3 Å². The topological polar surface area (TPSA) is 66.0 Å². The molecule has 7 heteroatoms. The third-order valence-corrected chi connectivity index (χ3v) is 4.43. The van der Waals surface area contributed by atoms with Crippen LogP contribution in [0.2, 0.25) is 5.02 Å². The zero-order valence-corrected chi connectivity index (χ0v) is 14.8. The Kier molecular flexibility index (Phi) is 4.75. The number of amides is 1. The van der Waals surface area contributed by atoms with Gasteiger partial charge in [0.1, 0.15) is 13.2 Å². The van der Waals surface area contributed by atoms with Gasteiger partial charge >= 0.3 is 0 Å². The molecule has 4 rings (SSSR count). The van der Waals surface area contributed by atoms with E-state index in [0.29, 0.717) is 66.6 Å². The number of nitrogens with one attached hydrogen (secondary N) is 1. The molecule has 1 amide bonds. The third-order valence-electron chi connectivity index (χ3n) is 4.15. The van der Waals surface area contributed by atoms with Gasteiger partial charge in [-0.2, -0.15) is 0 Å². The molecule has 0 spiro atoms. The van der Waals surface area contributed by atoms with Gasteiger partial charge in [0, 0.05) is 24.1 Å². The molecule has 0 radical (unpaired) electrons. The molecule has 0 aliphatic carbocycles. The van der Waals surface area contributed by atoms with Crippen molar-refractivity contribution >= 4 is 17.5 Å². The van der Waals surface area contributed by atoms with Crippen LogP contribution < -0.4 is 24.3 Å². The van der Waals surface area contributed by atoms with E-state index in [1.54, 1.807) is 12.1 Å². The molecule has 0 aromatic heterocycles. The number of carbonyl (C=O) groups is 1. The van der Waals surface area contributed by atoms with Crippen molar-refractivity contribution in [2.24, 2.45) is 0 Å². The van der Waals surface area contributed by atoms with Gasteiger partial charge in [0.2, 0.25) is 0 Å². The minimum absolute atomic E-state index is 0.253. The Morgan fingerprint density at radius 3 is 2.65 bits per heavy atom. The number of hydrogen-bond acceptors (Lipinski definition) is 5. The molecule has 2 heterocycles. The van der Waals surface area contributed by atoms with Crippen molar-refractivity contribution in [3.63, 3.8) is 0 Å². The summed E-state index contributed by atoms with van der Waals surface area (Å²) in [6, 6.07) is 8.87. The maximum absolute atomic E-state index is 12.6. The van der Waals surface area contributed by atoms with Gasteiger partial charge in [-0.1, -0.05) is 23.7 Å². The first-order valence-electron chi connectivity index (χ1n) is 8.47. The lowest BCUT2D eigenvalue weighted by atomic mass is 10.1. The molecule has 0 fully saturated rings. The first-order chi connectivity index (χ1) is 12.7. The van der Waals surface area contributed by atoms with E-state index in [1.807, 2.05) is 18.2 Å². The molecule has 2 aromatic rings. The van der Waals surface area contributed by atoms with Crippen LogP contribution in [0.1, 0.15) is 22.3 Å². The summed E-state index contributed by atoms with van der Waals surface area (Å²) >= 11 is 6.25. The summed E-state index contributed by atoms with van der Waals surface area (Å²) in [5.41, 5.74) is 1.28. The van der Waals surface area contributed by atoms with Crippen LogP contribution >= 0.6 is 11.6 Å². The molecule has 136 valence electrons. The van der Waals surface area contributed by atoms with E-state index < -0.39 is 0 Å². The lowest BCUT2D eigenvalue weighted by molar-refractivity contribution is 0.0949. The summed E-state index contributed by atoms with van der Waals surface area (Å²) < 4.78 is 22.4. The Morgan fingerprint density at radius 2 is 1.73 bits per heavy atom. The van der Waals surface area contributed by atoms with Crippen LogP contribution in [0.15, 0.2) is 30.3 Å². The number of para-hydroxylation sites is 1. The van der Waals surface area contributed by atoms with E-state index in [4.69, 9.17) is 30.5 Å². The second-order valence-corrected chi connectivity index (χ2v) is 6.37. The highest BCUT2D eigenvalue weighted by atomic mass is 35.5. The van der Waals surface area contributed by atoms with Gasteiger partial charge in [0.05, 0.1) is 18.2 Å². The molecule has 0 saturated carbocycles. The number of benzene rings is 2. The molecule has 6 nitrogen and oxygen atoms in total. The number of halogens is 1. The highest BCUT2D eigenvalue weighted by molar-refractivity contribution is 6.32. The number of rotatable bonds is 3. The van der Waals surface area contributed by atoms with E-state index in [-0.39, 0.29) is 5.91 Å². The smallest absolute Gasteiger partial charge is 0.251 e. The standard InChI is InChI=1S/C19H18ClNO5/c20-14-9-13(10-16-18(14)25-6-2-5-23-16)19(22)21-11-12-3-1-4-15-17(12)26-8-7-24-15/h1,3-4,9-10H,2,5-8,11H2,(H,21,22). The number of carbonyl (C=O) groups excluding carboxylic acids is 1. The van der Waals surface area contributed by atoms with Gasteiger partial charge in [-0.05, 0) is 18.2 Å². The van der Waals surface area contributed by atoms with Gasteiger partial charge in [0.25, 0.3) is 5.91 Å². The van der Waals surface area contributed by atoms with Gasteiger partial charge < -0.3 is 24.3 Å². The zero-order valence-electron chi connectivity index (χ0n) is 14.0. The third kappa shape index (κ3) is 3.37. The molecule has 1 N–H and O–H groups in total. The van der Waals surface area contributed by atoms with Crippen LogP contribution in [0.3, 0.4) is 0 Å². The lowest BCUT2D eigenvalue weighted by Gasteiger charge is -2.21. The molecular formula is C19H18ClNO5. The minimum atomic E-state index is -0.253. The summed E-state index contributed by atoms with van der Waals surface area (Å²) in [4.78, 5) is 12.6. The maximum atomic E-state index is 12.6. The highest BCUT2D eigenvalue weighted by Crippen LogP contribution is 2.38. The van der Waals surface area contributed by atoms with Crippen molar-refractivity contribution in [1.82, 2.24) is 5.32 Å². The molecule has 0 saturated heterocycles. The van der Waals surface area contributed by atoms with Crippen LogP contribution in [-0.2, 0) is 6.54 Å². The number of hydrogen-bond donors (Lipinski definition) is 1. The lowest BCUT2D eigenvalue weighted by Crippen LogP contribution is -2.24. The second kappa shape index (κ2) is 7.33. The molecule has 0 unspecified atom stereocenters. The first kappa shape index (κ1) is 16.8.